The molecule has 0 saturated heterocycles. The first-order valence-corrected chi connectivity index (χ1v) is 13.1. The molecule has 0 aliphatic rings. The smallest absolute Gasteiger partial charge is 0.261 e. The topological polar surface area (TPSA) is 84.5 Å². The second-order valence-electron chi connectivity index (χ2n) is 6.86. The number of carbonyl (C=O) groups excluding carboxylic acids is 1. The summed E-state index contributed by atoms with van der Waals surface area (Å²) in [5, 5.41) is 6.73. The van der Waals surface area contributed by atoms with Gasteiger partial charge < -0.3 is 10.1 Å². The van der Waals surface area contributed by atoms with Gasteiger partial charge in [-0.05, 0) is 77.5 Å². The molecule has 0 aliphatic heterocycles. The minimum absolute atomic E-state index is 0.0870. The number of methoxy groups -OCH3 is 1. The number of ether oxygens (including phenoxy) is 1. The normalized spacial score (nSPS) is 11.7. The quantitative estimate of drug-likeness (QED) is 0.302. The molecule has 1 amide bonds. The van der Waals surface area contributed by atoms with Crippen LogP contribution in [0.1, 0.15) is 9.75 Å². The van der Waals surface area contributed by atoms with E-state index in [-0.39, 0.29) is 10.8 Å². The van der Waals surface area contributed by atoms with Crippen LogP contribution >= 0.6 is 22.7 Å². The molecule has 0 radical (unpaired) electrons. The number of rotatable bonds is 8. The summed E-state index contributed by atoms with van der Waals surface area (Å²) >= 11 is 3.03. The second-order valence-corrected chi connectivity index (χ2v) is 10.5. The van der Waals surface area contributed by atoms with Gasteiger partial charge in [-0.3, -0.25) is 9.52 Å². The van der Waals surface area contributed by atoms with E-state index in [1.54, 1.807) is 54.8 Å². The molecular formula is C24H20N2O4S3. The summed E-state index contributed by atoms with van der Waals surface area (Å²) in [6, 6.07) is 20.3. The average molecular weight is 497 g/mol. The van der Waals surface area contributed by atoms with E-state index < -0.39 is 10.0 Å². The molecule has 33 heavy (non-hydrogen) atoms. The minimum Gasteiger partial charge on any atom is -0.497 e. The predicted octanol–water partition coefficient (Wildman–Crippen LogP) is 5.80. The molecule has 0 bridgehead atoms. The van der Waals surface area contributed by atoms with Gasteiger partial charge in [-0.25, -0.2) is 8.42 Å². The van der Waals surface area contributed by atoms with Crippen LogP contribution in [0.2, 0.25) is 0 Å². The fourth-order valence-electron chi connectivity index (χ4n) is 2.99. The molecule has 2 N–H and O–H groups in total. The minimum atomic E-state index is -3.78. The summed E-state index contributed by atoms with van der Waals surface area (Å²) in [4.78, 5) is 14.9. The Morgan fingerprint density at radius 3 is 2.15 bits per heavy atom. The largest absolute Gasteiger partial charge is 0.497 e. The number of hydrogen-bond acceptors (Lipinski definition) is 6. The van der Waals surface area contributed by atoms with Crippen molar-refractivity contribution >= 4 is 61.6 Å². The van der Waals surface area contributed by atoms with E-state index in [9.17, 15) is 13.2 Å². The SMILES string of the molecule is COc1ccc(NS(=O)(=O)c2ccc(NC(=O)C(=Cc3cccs3)c3cccs3)cc2)cc1. The molecule has 2 aromatic heterocycles. The van der Waals surface area contributed by atoms with Gasteiger partial charge >= 0.3 is 0 Å². The maximum atomic E-state index is 13.0. The fourth-order valence-corrected chi connectivity index (χ4v) is 5.44. The third-order valence-electron chi connectivity index (χ3n) is 4.63. The maximum absolute atomic E-state index is 13.0. The highest BCUT2D eigenvalue weighted by Gasteiger charge is 2.17. The van der Waals surface area contributed by atoms with Gasteiger partial charge in [0.05, 0.1) is 17.6 Å². The van der Waals surface area contributed by atoms with Crippen LogP contribution in [-0.2, 0) is 14.8 Å². The molecule has 0 fully saturated rings. The molecule has 4 aromatic rings. The molecule has 2 heterocycles. The first-order chi connectivity index (χ1) is 15.9. The molecule has 9 heteroatoms. The van der Waals surface area contributed by atoms with Crippen LogP contribution in [0.5, 0.6) is 5.75 Å². The number of thiophene rings is 2. The lowest BCUT2D eigenvalue weighted by molar-refractivity contribution is -0.111. The average Bonchev–Trinajstić information content (AvgIpc) is 3.52. The Bertz CT molecular complexity index is 1340. The van der Waals surface area contributed by atoms with Gasteiger partial charge in [0.25, 0.3) is 15.9 Å². The van der Waals surface area contributed by atoms with Crippen LogP contribution in [-0.4, -0.2) is 21.4 Å². The van der Waals surface area contributed by atoms with Gasteiger partial charge in [-0.2, -0.15) is 0 Å². The summed E-state index contributed by atoms with van der Waals surface area (Å²) in [6.07, 6.45) is 1.85. The van der Waals surface area contributed by atoms with Crippen molar-refractivity contribution < 1.29 is 17.9 Å². The Morgan fingerprint density at radius 1 is 0.879 bits per heavy atom. The monoisotopic (exact) mass is 496 g/mol. The molecule has 0 saturated carbocycles. The molecular weight excluding hydrogens is 476 g/mol. The Labute approximate surface area is 200 Å². The third kappa shape index (κ3) is 5.70. The van der Waals surface area contributed by atoms with Crippen molar-refractivity contribution in [3.8, 4) is 5.75 Å². The standard InChI is InChI=1S/C24H20N2O4S3/c1-30-19-10-6-18(7-11-19)26-33(28,29)21-12-8-17(9-13-21)25-24(27)22(23-5-3-15-32-23)16-20-4-2-14-31-20/h2-16,26H,1H3,(H,25,27). The van der Waals surface area contributed by atoms with Crippen LogP contribution in [0.15, 0.2) is 88.5 Å². The number of benzene rings is 2. The first kappa shape index (κ1) is 22.8. The molecule has 168 valence electrons. The second kappa shape index (κ2) is 10.0. The maximum Gasteiger partial charge on any atom is 0.261 e. The molecule has 2 aromatic carbocycles. The van der Waals surface area contributed by atoms with Crippen LogP contribution < -0.4 is 14.8 Å². The van der Waals surface area contributed by atoms with Crippen molar-refractivity contribution in [2.24, 2.45) is 0 Å². The van der Waals surface area contributed by atoms with E-state index in [2.05, 4.69) is 10.0 Å². The van der Waals surface area contributed by atoms with Crippen molar-refractivity contribution in [2.75, 3.05) is 17.1 Å². The van der Waals surface area contributed by atoms with Gasteiger partial charge in [-0.1, -0.05) is 12.1 Å². The first-order valence-electron chi connectivity index (χ1n) is 9.82. The zero-order chi connectivity index (χ0) is 23.3. The summed E-state index contributed by atoms with van der Waals surface area (Å²) in [5.41, 5.74) is 1.47. The van der Waals surface area contributed by atoms with Crippen molar-refractivity contribution in [2.45, 2.75) is 4.90 Å². The van der Waals surface area contributed by atoms with Crippen LogP contribution in [0.25, 0.3) is 11.6 Å². The molecule has 0 spiro atoms. The number of anilines is 2. The summed E-state index contributed by atoms with van der Waals surface area (Å²) < 4.78 is 33.0. The summed E-state index contributed by atoms with van der Waals surface area (Å²) in [5.74, 6) is 0.367. The number of amides is 1. The van der Waals surface area contributed by atoms with E-state index in [4.69, 9.17) is 4.74 Å². The molecule has 6 nitrogen and oxygen atoms in total. The lowest BCUT2D eigenvalue weighted by atomic mass is 10.1. The fraction of sp³-hybridized carbons (Fsp3) is 0.0417. The number of hydrogen-bond donors (Lipinski definition) is 2. The highest BCUT2D eigenvalue weighted by molar-refractivity contribution is 7.92. The van der Waals surface area contributed by atoms with E-state index in [0.717, 1.165) is 9.75 Å². The Balaban J connectivity index is 1.49. The number of carbonyl (C=O) groups is 1. The Morgan fingerprint density at radius 2 is 1.55 bits per heavy atom. The highest BCUT2D eigenvalue weighted by atomic mass is 32.2. The van der Waals surface area contributed by atoms with Gasteiger partial charge in [0.1, 0.15) is 5.75 Å². The molecule has 0 atom stereocenters. The third-order valence-corrected chi connectivity index (χ3v) is 7.75. The molecule has 0 unspecified atom stereocenters. The number of sulfonamides is 1. The van der Waals surface area contributed by atoms with Gasteiger partial charge in [-0.15, -0.1) is 22.7 Å². The van der Waals surface area contributed by atoms with Crippen molar-refractivity contribution in [3.05, 3.63) is 93.3 Å². The Kier molecular flexibility index (Phi) is 6.93. The Hall–Kier alpha value is -3.40. The van der Waals surface area contributed by atoms with Gasteiger partial charge in [0, 0.05) is 21.1 Å². The van der Waals surface area contributed by atoms with Crippen LogP contribution in [0.3, 0.4) is 0 Å². The van der Waals surface area contributed by atoms with E-state index in [1.165, 1.54) is 23.5 Å². The van der Waals surface area contributed by atoms with Crippen LogP contribution in [0.4, 0.5) is 11.4 Å². The zero-order valence-electron chi connectivity index (χ0n) is 17.5. The van der Waals surface area contributed by atoms with Crippen molar-refractivity contribution in [1.82, 2.24) is 0 Å². The van der Waals surface area contributed by atoms with E-state index in [1.807, 2.05) is 41.1 Å². The van der Waals surface area contributed by atoms with Gasteiger partial charge in [0.15, 0.2) is 0 Å². The van der Waals surface area contributed by atoms with Crippen LogP contribution in [0, 0.1) is 0 Å². The van der Waals surface area contributed by atoms with E-state index >= 15 is 0 Å². The van der Waals surface area contributed by atoms with Crippen molar-refractivity contribution in [1.29, 1.82) is 0 Å². The summed E-state index contributed by atoms with van der Waals surface area (Å²) in [6.45, 7) is 0. The highest BCUT2D eigenvalue weighted by Crippen LogP contribution is 2.27. The molecule has 4 rings (SSSR count). The zero-order valence-corrected chi connectivity index (χ0v) is 20.0. The van der Waals surface area contributed by atoms with Gasteiger partial charge in [0.2, 0.25) is 0 Å². The lowest BCUT2D eigenvalue weighted by Gasteiger charge is -2.11. The van der Waals surface area contributed by atoms with E-state index in [0.29, 0.717) is 22.7 Å². The molecule has 0 aliphatic carbocycles. The predicted molar refractivity (Wildman–Crippen MR) is 135 cm³/mol. The summed E-state index contributed by atoms with van der Waals surface area (Å²) in [7, 11) is -2.23. The number of nitrogens with one attached hydrogen (secondary N) is 2. The lowest BCUT2D eigenvalue weighted by Crippen LogP contribution is -2.14. The van der Waals surface area contributed by atoms with Crippen molar-refractivity contribution in [3.63, 3.8) is 0 Å².